The number of benzene rings is 1. The van der Waals surface area contributed by atoms with Gasteiger partial charge in [0.1, 0.15) is 11.6 Å². The number of aromatic nitrogens is 2. The van der Waals surface area contributed by atoms with Crippen LogP contribution in [-0.2, 0) is 6.18 Å². The van der Waals surface area contributed by atoms with Crippen molar-refractivity contribution in [3.05, 3.63) is 41.5 Å². The van der Waals surface area contributed by atoms with Crippen LogP contribution in [0, 0.1) is 12.7 Å². The third-order valence-corrected chi connectivity index (χ3v) is 2.25. The minimum Gasteiger partial charge on any atom is -0.342 e. The molecule has 6 heteroatoms. The number of hydrogen-bond acceptors (Lipinski definition) is 1. The molecule has 0 amide bonds. The van der Waals surface area contributed by atoms with Crippen LogP contribution in [0.3, 0.4) is 0 Å². The van der Waals surface area contributed by atoms with Crippen LogP contribution < -0.4 is 0 Å². The highest BCUT2D eigenvalue weighted by atomic mass is 19.4. The average molecular weight is 244 g/mol. The Kier molecular flexibility index (Phi) is 2.65. The maximum Gasteiger partial charge on any atom is 0.419 e. The summed E-state index contributed by atoms with van der Waals surface area (Å²) in [6, 6.07) is 2.78. The zero-order chi connectivity index (χ0) is 12.6. The van der Waals surface area contributed by atoms with Crippen molar-refractivity contribution in [2.45, 2.75) is 13.1 Å². The lowest BCUT2D eigenvalue weighted by atomic mass is 10.1. The third-order valence-electron chi connectivity index (χ3n) is 2.25. The minimum atomic E-state index is -4.71. The van der Waals surface area contributed by atoms with Gasteiger partial charge in [-0.1, -0.05) is 0 Å². The van der Waals surface area contributed by atoms with Gasteiger partial charge in [-0.05, 0) is 25.1 Å². The second-order valence-corrected chi connectivity index (χ2v) is 3.61. The molecule has 2 nitrogen and oxygen atoms in total. The molecule has 0 bridgehead atoms. The van der Waals surface area contributed by atoms with Crippen LogP contribution >= 0.6 is 0 Å². The summed E-state index contributed by atoms with van der Waals surface area (Å²) in [6.07, 6.45) is -3.21. The average Bonchev–Trinajstić information content (AvgIpc) is 2.64. The Hall–Kier alpha value is -1.85. The Bertz CT molecular complexity index is 543. The Balaban J connectivity index is 2.51. The molecule has 0 spiro atoms. The van der Waals surface area contributed by atoms with E-state index in [0.717, 1.165) is 17.8 Å². The molecular weight excluding hydrogens is 236 g/mol. The van der Waals surface area contributed by atoms with Crippen LogP contribution in [0.5, 0.6) is 0 Å². The van der Waals surface area contributed by atoms with Gasteiger partial charge in [-0.3, -0.25) is 0 Å². The summed E-state index contributed by atoms with van der Waals surface area (Å²) in [4.78, 5) is 6.68. The summed E-state index contributed by atoms with van der Waals surface area (Å²) in [5.74, 6) is -1.00. The van der Waals surface area contributed by atoms with Gasteiger partial charge >= 0.3 is 6.18 Å². The van der Waals surface area contributed by atoms with E-state index in [-0.39, 0.29) is 11.4 Å². The molecule has 1 heterocycles. The Morgan fingerprint density at radius 2 is 1.94 bits per heavy atom. The first-order chi connectivity index (χ1) is 7.88. The first-order valence-corrected chi connectivity index (χ1v) is 4.76. The lowest BCUT2D eigenvalue weighted by molar-refractivity contribution is -0.139. The molecule has 0 aliphatic heterocycles. The standard InChI is InChI=1S/C11H8F4N2/c1-6-5-16-10(17-6)7-2-3-9(12)8(4-7)11(13,14)15/h2-5H,1H3,(H,16,17). The molecule has 90 valence electrons. The number of aromatic amines is 1. The minimum absolute atomic E-state index is 0.201. The maximum absolute atomic E-state index is 13.0. The van der Waals surface area contributed by atoms with Gasteiger partial charge in [0.15, 0.2) is 0 Å². The fourth-order valence-corrected chi connectivity index (χ4v) is 1.45. The summed E-state index contributed by atoms with van der Waals surface area (Å²) in [5, 5.41) is 0. The van der Waals surface area contributed by atoms with Crippen molar-refractivity contribution in [3.63, 3.8) is 0 Å². The maximum atomic E-state index is 13.0. The van der Waals surface area contributed by atoms with Gasteiger partial charge in [-0.2, -0.15) is 13.2 Å². The first-order valence-electron chi connectivity index (χ1n) is 4.76. The van der Waals surface area contributed by atoms with Crippen LogP contribution in [0.2, 0.25) is 0 Å². The molecule has 0 fully saturated rings. The molecule has 0 saturated carbocycles. The molecule has 1 N–H and O–H groups in total. The number of hydrogen-bond donors (Lipinski definition) is 1. The predicted octanol–water partition coefficient (Wildman–Crippen LogP) is 3.54. The summed E-state index contributed by atoms with van der Waals surface area (Å²) in [7, 11) is 0. The van der Waals surface area contributed by atoms with Gasteiger partial charge in [-0.25, -0.2) is 9.37 Å². The number of H-pyrrole nitrogens is 1. The molecule has 0 aliphatic carbocycles. The number of nitrogens with one attached hydrogen (secondary N) is 1. The molecule has 0 atom stereocenters. The zero-order valence-electron chi connectivity index (χ0n) is 8.77. The van der Waals surface area contributed by atoms with E-state index in [2.05, 4.69) is 9.97 Å². The Morgan fingerprint density at radius 1 is 1.24 bits per heavy atom. The van der Waals surface area contributed by atoms with E-state index in [0.29, 0.717) is 0 Å². The molecule has 2 aromatic rings. The highest BCUT2D eigenvalue weighted by Crippen LogP contribution is 2.33. The highest BCUT2D eigenvalue weighted by Gasteiger charge is 2.34. The number of rotatable bonds is 1. The monoisotopic (exact) mass is 244 g/mol. The third kappa shape index (κ3) is 2.30. The van der Waals surface area contributed by atoms with Gasteiger partial charge in [0.2, 0.25) is 0 Å². The van der Waals surface area contributed by atoms with Crippen molar-refractivity contribution in [1.82, 2.24) is 9.97 Å². The van der Waals surface area contributed by atoms with Crippen LogP contribution in [0.4, 0.5) is 17.6 Å². The van der Waals surface area contributed by atoms with Crippen molar-refractivity contribution in [1.29, 1.82) is 0 Å². The fraction of sp³-hybridized carbons (Fsp3) is 0.182. The fourth-order valence-electron chi connectivity index (χ4n) is 1.45. The molecule has 0 radical (unpaired) electrons. The second-order valence-electron chi connectivity index (χ2n) is 3.61. The SMILES string of the molecule is Cc1cnc(-c2ccc(F)c(C(F)(F)F)c2)[nH]1. The van der Waals surface area contributed by atoms with E-state index in [1.165, 1.54) is 12.3 Å². The smallest absolute Gasteiger partial charge is 0.342 e. The van der Waals surface area contributed by atoms with Gasteiger partial charge in [0.25, 0.3) is 0 Å². The molecular formula is C11H8F4N2. The molecule has 0 saturated heterocycles. The summed E-state index contributed by atoms with van der Waals surface area (Å²) >= 11 is 0. The van der Waals surface area contributed by atoms with Crippen molar-refractivity contribution in [2.24, 2.45) is 0 Å². The van der Waals surface area contributed by atoms with Crippen molar-refractivity contribution >= 4 is 0 Å². The van der Waals surface area contributed by atoms with E-state index < -0.39 is 17.6 Å². The lowest BCUT2D eigenvalue weighted by Crippen LogP contribution is -2.08. The lowest BCUT2D eigenvalue weighted by Gasteiger charge is -2.08. The summed E-state index contributed by atoms with van der Waals surface area (Å²) in [5.41, 5.74) is -0.367. The van der Waals surface area contributed by atoms with E-state index in [1.807, 2.05) is 0 Å². The molecule has 2 rings (SSSR count). The van der Waals surface area contributed by atoms with E-state index in [4.69, 9.17) is 0 Å². The predicted molar refractivity (Wildman–Crippen MR) is 53.7 cm³/mol. The number of aryl methyl sites for hydroxylation is 1. The molecule has 0 unspecified atom stereocenters. The van der Waals surface area contributed by atoms with E-state index in [9.17, 15) is 17.6 Å². The topological polar surface area (TPSA) is 28.7 Å². The Labute approximate surface area is 94.3 Å². The van der Waals surface area contributed by atoms with E-state index >= 15 is 0 Å². The van der Waals surface area contributed by atoms with Gasteiger partial charge < -0.3 is 4.98 Å². The first kappa shape index (κ1) is 11.6. The van der Waals surface area contributed by atoms with Gasteiger partial charge in [0.05, 0.1) is 5.56 Å². The quantitative estimate of drug-likeness (QED) is 0.763. The number of nitrogens with zero attached hydrogens (tertiary/aromatic N) is 1. The van der Waals surface area contributed by atoms with Gasteiger partial charge in [-0.15, -0.1) is 0 Å². The van der Waals surface area contributed by atoms with Crippen LogP contribution in [-0.4, -0.2) is 9.97 Å². The number of halogens is 4. The normalized spacial score (nSPS) is 11.8. The van der Waals surface area contributed by atoms with Crippen LogP contribution in [0.15, 0.2) is 24.4 Å². The highest BCUT2D eigenvalue weighted by molar-refractivity contribution is 5.57. The van der Waals surface area contributed by atoms with Crippen molar-refractivity contribution < 1.29 is 17.6 Å². The molecule has 1 aromatic heterocycles. The zero-order valence-corrected chi connectivity index (χ0v) is 8.77. The van der Waals surface area contributed by atoms with Crippen molar-refractivity contribution in [2.75, 3.05) is 0 Å². The van der Waals surface area contributed by atoms with Crippen LogP contribution in [0.25, 0.3) is 11.4 Å². The molecule has 17 heavy (non-hydrogen) atoms. The summed E-state index contributed by atoms with van der Waals surface area (Å²) < 4.78 is 50.5. The second kappa shape index (κ2) is 3.87. The summed E-state index contributed by atoms with van der Waals surface area (Å²) in [6.45, 7) is 1.73. The molecule has 1 aromatic carbocycles. The van der Waals surface area contributed by atoms with Crippen molar-refractivity contribution in [3.8, 4) is 11.4 Å². The number of alkyl halides is 3. The largest absolute Gasteiger partial charge is 0.419 e. The van der Waals surface area contributed by atoms with E-state index in [1.54, 1.807) is 6.92 Å². The number of imidazole rings is 1. The van der Waals surface area contributed by atoms with Gasteiger partial charge in [0, 0.05) is 17.5 Å². The van der Waals surface area contributed by atoms with Crippen LogP contribution in [0.1, 0.15) is 11.3 Å². The molecule has 0 aliphatic rings. The Morgan fingerprint density at radius 3 is 2.47 bits per heavy atom.